The van der Waals surface area contributed by atoms with Crippen molar-refractivity contribution in [3.8, 4) is 0 Å². The Morgan fingerprint density at radius 2 is 2.25 bits per heavy atom. The predicted molar refractivity (Wildman–Crippen MR) is 42.5 cm³/mol. The average Bonchev–Trinajstić information content (AvgIpc) is 2.06. The van der Waals surface area contributed by atoms with Crippen LogP contribution in [-0.4, -0.2) is 29.6 Å². The molecule has 0 radical (unpaired) electrons. The Balaban J connectivity index is 2.47. The molecule has 12 heavy (non-hydrogen) atoms. The first kappa shape index (κ1) is 8.61. The van der Waals surface area contributed by atoms with Crippen molar-refractivity contribution < 1.29 is 9.53 Å². The maximum atomic E-state index is 10.9. The molecular formula is C7H9N3O2. The van der Waals surface area contributed by atoms with Crippen LogP contribution in [0.2, 0.25) is 0 Å². The Morgan fingerprint density at radius 3 is 2.83 bits per heavy atom. The molecule has 1 aromatic rings. The van der Waals surface area contributed by atoms with Gasteiger partial charge in [0.05, 0.1) is 0 Å². The van der Waals surface area contributed by atoms with Gasteiger partial charge in [0.1, 0.15) is 6.61 Å². The minimum atomic E-state index is -0.260. The summed E-state index contributed by atoms with van der Waals surface area (Å²) in [4.78, 5) is 18.5. The second-order valence-corrected chi connectivity index (χ2v) is 2.05. The second kappa shape index (κ2) is 4.40. The summed E-state index contributed by atoms with van der Waals surface area (Å²) in [6.07, 6.45) is 3.10. The van der Waals surface area contributed by atoms with E-state index in [0.717, 1.165) is 0 Å². The zero-order valence-electron chi connectivity index (χ0n) is 6.65. The lowest BCUT2D eigenvalue weighted by atomic mass is 10.6. The first-order valence-corrected chi connectivity index (χ1v) is 3.38. The highest BCUT2D eigenvalue weighted by molar-refractivity contribution is 5.89. The molecule has 1 N–H and O–H groups in total. The highest BCUT2D eigenvalue weighted by Gasteiger charge is 2.01. The van der Waals surface area contributed by atoms with Crippen molar-refractivity contribution in [1.29, 1.82) is 0 Å². The molecule has 64 valence electrons. The molecule has 0 saturated heterocycles. The third-order valence-electron chi connectivity index (χ3n) is 1.09. The van der Waals surface area contributed by atoms with Crippen LogP contribution in [0.3, 0.4) is 0 Å². The van der Waals surface area contributed by atoms with Gasteiger partial charge in [-0.1, -0.05) is 0 Å². The predicted octanol–water partition coefficient (Wildman–Crippen LogP) is 0.0615. The summed E-state index contributed by atoms with van der Waals surface area (Å²) in [5.74, 6) is 0.0308. The fourth-order valence-electron chi connectivity index (χ4n) is 0.656. The van der Waals surface area contributed by atoms with E-state index >= 15 is 0 Å². The molecule has 0 spiro atoms. The number of rotatable bonds is 3. The number of aromatic nitrogens is 2. The van der Waals surface area contributed by atoms with Crippen LogP contribution in [0.15, 0.2) is 18.5 Å². The lowest BCUT2D eigenvalue weighted by Gasteiger charge is -2.00. The zero-order valence-corrected chi connectivity index (χ0v) is 6.65. The topological polar surface area (TPSA) is 64.1 Å². The largest absolute Gasteiger partial charge is 0.375 e. The van der Waals surface area contributed by atoms with Crippen LogP contribution in [0.5, 0.6) is 0 Å². The molecule has 0 saturated carbocycles. The van der Waals surface area contributed by atoms with E-state index in [1.165, 1.54) is 7.11 Å². The molecule has 0 aliphatic rings. The van der Waals surface area contributed by atoms with Gasteiger partial charge in [0, 0.05) is 19.5 Å². The molecule has 0 aliphatic carbocycles. The molecule has 1 heterocycles. The number of ether oxygens (including phenoxy) is 1. The van der Waals surface area contributed by atoms with Crippen molar-refractivity contribution in [3.05, 3.63) is 18.5 Å². The van der Waals surface area contributed by atoms with Gasteiger partial charge in [0.15, 0.2) is 0 Å². The molecule has 0 aliphatic heterocycles. The van der Waals surface area contributed by atoms with Gasteiger partial charge in [0.2, 0.25) is 5.95 Å². The van der Waals surface area contributed by atoms with E-state index < -0.39 is 0 Å². The first-order valence-electron chi connectivity index (χ1n) is 3.38. The molecule has 0 bridgehead atoms. The van der Waals surface area contributed by atoms with Gasteiger partial charge in [-0.3, -0.25) is 10.1 Å². The van der Waals surface area contributed by atoms with Crippen LogP contribution < -0.4 is 5.32 Å². The van der Waals surface area contributed by atoms with Gasteiger partial charge in [-0.05, 0) is 6.07 Å². The average molecular weight is 167 g/mol. The Kier molecular flexibility index (Phi) is 3.16. The molecule has 1 amide bonds. The molecule has 0 aromatic carbocycles. The highest BCUT2D eigenvalue weighted by Crippen LogP contribution is 1.92. The lowest BCUT2D eigenvalue weighted by Crippen LogP contribution is -2.18. The van der Waals surface area contributed by atoms with Crippen molar-refractivity contribution >= 4 is 11.9 Å². The van der Waals surface area contributed by atoms with E-state index in [9.17, 15) is 4.79 Å². The van der Waals surface area contributed by atoms with Gasteiger partial charge in [-0.25, -0.2) is 9.97 Å². The van der Waals surface area contributed by atoms with Gasteiger partial charge in [0.25, 0.3) is 5.91 Å². The molecule has 0 atom stereocenters. The maximum Gasteiger partial charge on any atom is 0.252 e. The number of hydrogen-bond donors (Lipinski definition) is 1. The van der Waals surface area contributed by atoms with Crippen molar-refractivity contribution in [3.63, 3.8) is 0 Å². The Morgan fingerprint density at radius 1 is 1.58 bits per heavy atom. The summed E-state index contributed by atoms with van der Waals surface area (Å²) >= 11 is 0. The van der Waals surface area contributed by atoms with E-state index in [-0.39, 0.29) is 12.5 Å². The third kappa shape index (κ3) is 2.63. The second-order valence-electron chi connectivity index (χ2n) is 2.05. The number of hydrogen-bond acceptors (Lipinski definition) is 4. The number of amides is 1. The van der Waals surface area contributed by atoms with Crippen LogP contribution >= 0.6 is 0 Å². The third-order valence-corrected chi connectivity index (χ3v) is 1.09. The number of nitrogens with zero attached hydrogens (tertiary/aromatic N) is 2. The van der Waals surface area contributed by atoms with E-state index in [4.69, 9.17) is 0 Å². The van der Waals surface area contributed by atoms with Gasteiger partial charge < -0.3 is 4.74 Å². The summed E-state index contributed by atoms with van der Waals surface area (Å²) in [6, 6.07) is 1.67. The highest BCUT2D eigenvalue weighted by atomic mass is 16.5. The van der Waals surface area contributed by atoms with Crippen LogP contribution in [0.1, 0.15) is 0 Å². The summed E-state index contributed by atoms with van der Waals surface area (Å²) in [6.45, 7) is 0.0122. The van der Waals surface area contributed by atoms with E-state index in [1.807, 2.05) is 0 Å². The molecule has 5 heteroatoms. The SMILES string of the molecule is COCC(=O)Nc1ncccn1. The van der Waals surface area contributed by atoms with Crippen LogP contribution in [0.4, 0.5) is 5.95 Å². The van der Waals surface area contributed by atoms with E-state index in [0.29, 0.717) is 5.95 Å². The molecule has 1 rings (SSSR count). The number of anilines is 1. The maximum absolute atomic E-state index is 10.9. The minimum Gasteiger partial charge on any atom is -0.375 e. The van der Waals surface area contributed by atoms with Crippen molar-refractivity contribution in [1.82, 2.24) is 9.97 Å². The van der Waals surface area contributed by atoms with Crippen molar-refractivity contribution in [2.75, 3.05) is 19.0 Å². The Bertz CT molecular complexity index is 250. The van der Waals surface area contributed by atoms with Crippen molar-refractivity contribution in [2.45, 2.75) is 0 Å². The Hall–Kier alpha value is -1.49. The fourth-order valence-corrected chi connectivity index (χ4v) is 0.656. The Labute approximate surface area is 69.8 Å². The monoisotopic (exact) mass is 167 g/mol. The zero-order chi connectivity index (χ0) is 8.81. The summed E-state index contributed by atoms with van der Waals surface area (Å²) in [7, 11) is 1.45. The van der Waals surface area contributed by atoms with Crippen molar-refractivity contribution in [2.24, 2.45) is 0 Å². The van der Waals surface area contributed by atoms with E-state index in [2.05, 4.69) is 20.0 Å². The summed E-state index contributed by atoms with van der Waals surface area (Å²) < 4.78 is 4.61. The van der Waals surface area contributed by atoms with Crippen LogP contribution in [-0.2, 0) is 9.53 Å². The van der Waals surface area contributed by atoms with Crippen LogP contribution in [0.25, 0.3) is 0 Å². The number of nitrogens with one attached hydrogen (secondary N) is 1. The summed E-state index contributed by atoms with van der Waals surface area (Å²) in [5.41, 5.74) is 0. The van der Waals surface area contributed by atoms with Gasteiger partial charge >= 0.3 is 0 Å². The lowest BCUT2D eigenvalue weighted by molar-refractivity contribution is -0.119. The molecule has 0 unspecified atom stereocenters. The van der Waals surface area contributed by atoms with E-state index in [1.54, 1.807) is 18.5 Å². The number of carbonyl (C=O) groups excluding carboxylic acids is 1. The molecular weight excluding hydrogens is 158 g/mol. The van der Waals surface area contributed by atoms with Crippen LogP contribution in [0, 0.1) is 0 Å². The molecule has 0 fully saturated rings. The quantitative estimate of drug-likeness (QED) is 0.691. The smallest absolute Gasteiger partial charge is 0.252 e. The number of carbonyl (C=O) groups is 1. The number of methoxy groups -OCH3 is 1. The van der Waals surface area contributed by atoms with Gasteiger partial charge in [-0.15, -0.1) is 0 Å². The molecule has 1 aromatic heterocycles. The minimum absolute atomic E-state index is 0.0122. The first-order chi connectivity index (χ1) is 5.83. The van der Waals surface area contributed by atoms with Gasteiger partial charge in [-0.2, -0.15) is 0 Å². The normalized spacial score (nSPS) is 9.42. The molecule has 5 nitrogen and oxygen atoms in total. The fraction of sp³-hybridized carbons (Fsp3) is 0.286. The summed E-state index contributed by atoms with van der Waals surface area (Å²) in [5, 5.41) is 2.46. The standard InChI is InChI=1S/C7H9N3O2/c1-12-5-6(11)10-7-8-3-2-4-9-7/h2-4H,5H2,1H3,(H,8,9,10,11).